The van der Waals surface area contributed by atoms with Gasteiger partial charge in [0, 0.05) is 24.4 Å². The molecule has 0 amide bonds. The molecule has 0 spiro atoms. The van der Waals surface area contributed by atoms with Crippen LogP contribution in [-0.2, 0) is 5.41 Å². The third-order valence-corrected chi connectivity index (χ3v) is 4.51. The summed E-state index contributed by atoms with van der Waals surface area (Å²) in [6.45, 7) is 11.4. The van der Waals surface area contributed by atoms with Gasteiger partial charge in [-0.15, -0.1) is 0 Å². The summed E-state index contributed by atoms with van der Waals surface area (Å²) in [5.74, 6) is 0.837. The number of aromatic nitrogens is 1. The number of nitrogens with zero attached hydrogens (tertiary/aromatic N) is 1. The first kappa shape index (κ1) is 13.5. The molecule has 0 aromatic carbocycles. The molecule has 1 aromatic heterocycles. The Labute approximate surface area is 111 Å². The first-order chi connectivity index (χ1) is 8.48. The van der Waals surface area contributed by atoms with Crippen LogP contribution in [0.25, 0.3) is 0 Å². The lowest BCUT2D eigenvalue weighted by molar-refractivity contribution is 0.0451. The number of pyridine rings is 1. The Kier molecular flexibility index (Phi) is 3.76. The van der Waals surface area contributed by atoms with Crippen LogP contribution >= 0.6 is 0 Å². The Hall–Kier alpha value is -0.890. The molecule has 0 radical (unpaired) electrons. The Balaban J connectivity index is 2.14. The number of hydrogen-bond acceptors (Lipinski definition) is 2. The fraction of sp³-hybridized carbons (Fsp3) is 0.688. The van der Waals surface area contributed by atoms with Crippen LogP contribution in [-0.4, -0.2) is 18.1 Å². The van der Waals surface area contributed by atoms with E-state index in [1.807, 2.05) is 12.4 Å². The molecule has 0 atom stereocenters. The summed E-state index contributed by atoms with van der Waals surface area (Å²) >= 11 is 0. The summed E-state index contributed by atoms with van der Waals surface area (Å²) in [5.41, 5.74) is 2.23. The summed E-state index contributed by atoms with van der Waals surface area (Å²) in [6.07, 6.45) is 6.45. The zero-order valence-corrected chi connectivity index (χ0v) is 12.2. The normalized spacial score (nSPS) is 27.9. The van der Waals surface area contributed by atoms with Crippen molar-refractivity contribution in [1.29, 1.82) is 0 Å². The lowest BCUT2D eigenvalue weighted by Gasteiger charge is -2.53. The smallest absolute Gasteiger partial charge is 0.0270 e. The molecule has 1 aliphatic rings. The van der Waals surface area contributed by atoms with Crippen molar-refractivity contribution in [3.8, 4) is 0 Å². The molecule has 18 heavy (non-hydrogen) atoms. The fourth-order valence-electron chi connectivity index (χ4n) is 3.05. The summed E-state index contributed by atoms with van der Waals surface area (Å²) in [6, 6.07) is 4.38. The van der Waals surface area contributed by atoms with Crippen LogP contribution in [0.15, 0.2) is 24.5 Å². The quantitative estimate of drug-likeness (QED) is 0.881. The minimum absolute atomic E-state index is 0.344. The zero-order valence-electron chi connectivity index (χ0n) is 12.2. The van der Waals surface area contributed by atoms with Crippen LogP contribution in [0, 0.1) is 11.3 Å². The van der Waals surface area contributed by atoms with Crippen LogP contribution in [0.4, 0.5) is 0 Å². The van der Waals surface area contributed by atoms with E-state index in [9.17, 15) is 0 Å². The maximum absolute atomic E-state index is 4.14. The van der Waals surface area contributed by atoms with Gasteiger partial charge in [0.2, 0.25) is 0 Å². The third-order valence-electron chi connectivity index (χ3n) is 4.51. The Morgan fingerprint density at radius 3 is 2.39 bits per heavy atom. The molecule has 0 unspecified atom stereocenters. The Morgan fingerprint density at radius 2 is 1.89 bits per heavy atom. The van der Waals surface area contributed by atoms with Gasteiger partial charge in [-0.2, -0.15) is 0 Å². The lowest BCUT2D eigenvalue weighted by Crippen LogP contribution is -2.52. The Morgan fingerprint density at radius 1 is 1.28 bits per heavy atom. The van der Waals surface area contributed by atoms with Gasteiger partial charge in [-0.05, 0) is 48.4 Å². The van der Waals surface area contributed by atoms with Gasteiger partial charge >= 0.3 is 0 Å². The van der Waals surface area contributed by atoms with Crippen LogP contribution in [0.1, 0.15) is 46.1 Å². The molecule has 1 aliphatic carbocycles. The fourth-order valence-corrected chi connectivity index (χ4v) is 3.05. The van der Waals surface area contributed by atoms with Crippen molar-refractivity contribution in [2.45, 2.75) is 46.0 Å². The Bertz CT molecular complexity index is 372. The standard InChI is InChI=1S/C16H26N2/c1-5-17-12-16(13-6-8-18-9-7-13)10-14(11-16)15(2,3)4/h6-9,14,17H,5,10-12H2,1-4H3. The highest BCUT2D eigenvalue weighted by molar-refractivity contribution is 5.28. The second-order valence-electron chi connectivity index (χ2n) is 6.77. The molecule has 2 nitrogen and oxygen atoms in total. The molecule has 0 saturated heterocycles. The van der Waals surface area contributed by atoms with Crippen molar-refractivity contribution < 1.29 is 0 Å². The van der Waals surface area contributed by atoms with E-state index in [2.05, 4.69) is 50.1 Å². The zero-order chi connectivity index (χ0) is 13.2. The SMILES string of the molecule is CCNCC1(c2ccncc2)CC(C(C)(C)C)C1. The van der Waals surface area contributed by atoms with Crippen molar-refractivity contribution in [3.63, 3.8) is 0 Å². The maximum atomic E-state index is 4.14. The van der Waals surface area contributed by atoms with E-state index in [1.165, 1.54) is 18.4 Å². The molecular weight excluding hydrogens is 220 g/mol. The van der Waals surface area contributed by atoms with Gasteiger partial charge < -0.3 is 5.32 Å². The van der Waals surface area contributed by atoms with Gasteiger partial charge in [-0.3, -0.25) is 4.98 Å². The number of likely N-dealkylation sites (N-methyl/N-ethyl adjacent to an activating group) is 1. The van der Waals surface area contributed by atoms with E-state index in [4.69, 9.17) is 0 Å². The molecule has 0 aliphatic heterocycles. The van der Waals surface area contributed by atoms with Crippen LogP contribution in [0.5, 0.6) is 0 Å². The van der Waals surface area contributed by atoms with Gasteiger partial charge in [0.25, 0.3) is 0 Å². The highest BCUT2D eigenvalue weighted by atomic mass is 14.9. The van der Waals surface area contributed by atoms with E-state index in [0.29, 0.717) is 10.8 Å². The average Bonchev–Trinajstić information content (AvgIpc) is 2.27. The molecule has 1 saturated carbocycles. The maximum Gasteiger partial charge on any atom is 0.0270 e. The third kappa shape index (κ3) is 2.59. The van der Waals surface area contributed by atoms with Gasteiger partial charge in [-0.1, -0.05) is 27.7 Å². The van der Waals surface area contributed by atoms with Crippen molar-refractivity contribution in [2.24, 2.45) is 11.3 Å². The van der Waals surface area contributed by atoms with Crippen LogP contribution < -0.4 is 5.32 Å². The van der Waals surface area contributed by atoms with Crippen LogP contribution in [0.3, 0.4) is 0 Å². The average molecular weight is 246 g/mol. The van der Waals surface area contributed by atoms with E-state index in [0.717, 1.165) is 19.0 Å². The highest BCUT2D eigenvalue weighted by Crippen LogP contribution is 2.53. The lowest BCUT2D eigenvalue weighted by atomic mass is 9.52. The molecule has 100 valence electrons. The van der Waals surface area contributed by atoms with Gasteiger partial charge in [0.05, 0.1) is 0 Å². The largest absolute Gasteiger partial charge is 0.316 e. The van der Waals surface area contributed by atoms with Crippen molar-refractivity contribution >= 4 is 0 Å². The summed E-state index contributed by atoms with van der Waals surface area (Å²) in [7, 11) is 0. The van der Waals surface area contributed by atoms with E-state index in [1.54, 1.807) is 0 Å². The molecule has 2 heteroatoms. The molecule has 1 N–H and O–H groups in total. The predicted molar refractivity (Wildman–Crippen MR) is 76.6 cm³/mol. The highest BCUT2D eigenvalue weighted by Gasteiger charge is 2.48. The van der Waals surface area contributed by atoms with E-state index >= 15 is 0 Å². The first-order valence-electron chi connectivity index (χ1n) is 7.09. The van der Waals surface area contributed by atoms with Gasteiger partial charge in [0.1, 0.15) is 0 Å². The number of rotatable bonds is 4. The summed E-state index contributed by atoms with van der Waals surface area (Å²) in [5, 5.41) is 3.54. The van der Waals surface area contributed by atoms with E-state index < -0.39 is 0 Å². The minimum atomic E-state index is 0.344. The number of hydrogen-bond donors (Lipinski definition) is 1. The van der Waals surface area contributed by atoms with Crippen molar-refractivity contribution in [1.82, 2.24) is 10.3 Å². The predicted octanol–water partition coefficient (Wildman–Crippen LogP) is 3.39. The topological polar surface area (TPSA) is 24.9 Å². The monoisotopic (exact) mass is 246 g/mol. The molecule has 0 bridgehead atoms. The van der Waals surface area contributed by atoms with E-state index in [-0.39, 0.29) is 0 Å². The van der Waals surface area contributed by atoms with Crippen molar-refractivity contribution in [3.05, 3.63) is 30.1 Å². The molecule has 1 aromatic rings. The molecule has 1 fully saturated rings. The summed E-state index contributed by atoms with van der Waals surface area (Å²) < 4.78 is 0. The second-order valence-corrected chi connectivity index (χ2v) is 6.77. The minimum Gasteiger partial charge on any atom is -0.316 e. The van der Waals surface area contributed by atoms with Gasteiger partial charge in [-0.25, -0.2) is 0 Å². The molecule has 2 rings (SSSR count). The first-order valence-corrected chi connectivity index (χ1v) is 7.09. The van der Waals surface area contributed by atoms with Crippen LogP contribution in [0.2, 0.25) is 0 Å². The second kappa shape index (κ2) is 5.00. The number of nitrogens with one attached hydrogen (secondary N) is 1. The summed E-state index contributed by atoms with van der Waals surface area (Å²) in [4.78, 5) is 4.14. The molecule has 1 heterocycles. The van der Waals surface area contributed by atoms with Gasteiger partial charge in [0.15, 0.2) is 0 Å². The molecular formula is C16H26N2. The van der Waals surface area contributed by atoms with Crippen molar-refractivity contribution in [2.75, 3.05) is 13.1 Å².